The van der Waals surface area contributed by atoms with Gasteiger partial charge in [0.25, 0.3) is 0 Å². The van der Waals surface area contributed by atoms with Gasteiger partial charge in [-0.25, -0.2) is 0 Å². The number of fused-ring (bicyclic) bond motifs is 1. The van der Waals surface area contributed by atoms with Gasteiger partial charge < -0.3 is 23.7 Å². The Labute approximate surface area is 141 Å². The first kappa shape index (κ1) is 17.5. The summed E-state index contributed by atoms with van der Waals surface area (Å²) in [6, 6.07) is 0. The Balaban J connectivity index is 1.83. The summed E-state index contributed by atoms with van der Waals surface area (Å²) < 4.78 is 28.3. The molecule has 134 valence electrons. The van der Waals surface area contributed by atoms with Crippen molar-refractivity contribution in [3.8, 4) is 0 Å². The molecule has 3 rings (SSSR count). The van der Waals surface area contributed by atoms with Gasteiger partial charge in [0, 0.05) is 13.0 Å². The third kappa shape index (κ3) is 3.01. The number of hydrogen-bond donors (Lipinski definition) is 0. The highest BCUT2D eigenvalue weighted by molar-refractivity contribution is 6.06. The first-order valence-corrected chi connectivity index (χ1v) is 8.29. The second-order valence-corrected chi connectivity index (χ2v) is 6.70. The number of ether oxygens (including phenoxy) is 5. The van der Waals surface area contributed by atoms with E-state index in [2.05, 4.69) is 0 Å². The molecule has 24 heavy (non-hydrogen) atoms. The minimum atomic E-state index is -0.885. The van der Waals surface area contributed by atoms with Crippen LogP contribution in [0.5, 0.6) is 0 Å². The van der Waals surface area contributed by atoms with Crippen molar-refractivity contribution in [2.24, 2.45) is 11.8 Å². The van der Waals surface area contributed by atoms with Crippen LogP contribution >= 0.6 is 0 Å². The molecular weight excluding hydrogens is 316 g/mol. The van der Waals surface area contributed by atoms with Crippen LogP contribution < -0.4 is 0 Å². The monoisotopic (exact) mass is 340 g/mol. The van der Waals surface area contributed by atoms with E-state index in [0.717, 1.165) is 0 Å². The summed E-state index contributed by atoms with van der Waals surface area (Å²) in [7, 11) is 1.57. The molecule has 2 fully saturated rings. The molecule has 2 aliphatic heterocycles. The van der Waals surface area contributed by atoms with Crippen LogP contribution in [0.3, 0.4) is 0 Å². The van der Waals surface area contributed by atoms with E-state index in [1.807, 2.05) is 13.8 Å². The maximum absolute atomic E-state index is 12.3. The minimum absolute atomic E-state index is 0.226. The van der Waals surface area contributed by atoms with E-state index < -0.39 is 36.2 Å². The highest BCUT2D eigenvalue weighted by Crippen LogP contribution is 2.43. The molecule has 7 nitrogen and oxygen atoms in total. The number of ketones is 1. The Morgan fingerprint density at radius 3 is 2.75 bits per heavy atom. The van der Waals surface area contributed by atoms with Crippen molar-refractivity contribution in [3.05, 3.63) is 12.2 Å². The Morgan fingerprint density at radius 1 is 1.33 bits per heavy atom. The van der Waals surface area contributed by atoms with Crippen LogP contribution in [-0.4, -0.2) is 55.9 Å². The highest BCUT2D eigenvalue weighted by Gasteiger charge is 2.58. The molecule has 6 atom stereocenters. The van der Waals surface area contributed by atoms with Crippen molar-refractivity contribution in [1.82, 2.24) is 0 Å². The zero-order valence-electron chi connectivity index (χ0n) is 14.4. The van der Waals surface area contributed by atoms with E-state index >= 15 is 0 Å². The minimum Gasteiger partial charge on any atom is -0.465 e. The molecule has 2 saturated heterocycles. The Bertz CT molecular complexity index is 541. The fraction of sp³-hybridized carbons (Fsp3) is 0.765. The molecule has 0 unspecified atom stereocenters. The van der Waals surface area contributed by atoms with Crippen LogP contribution in [0.1, 0.15) is 27.2 Å². The van der Waals surface area contributed by atoms with Crippen LogP contribution in [0.25, 0.3) is 0 Å². The normalized spacial score (nSPS) is 40.6. The van der Waals surface area contributed by atoms with E-state index in [1.54, 1.807) is 20.1 Å². The molecule has 2 heterocycles. The van der Waals surface area contributed by atoms with Crippen molar-refractivity contribution in [2.75, 3.05) is 13.7 Å². The number of esters is 1. The first-order chi connectivity index (χ1) is 11.4. The Morgan fingerprint density at radius 2 is 2.08 bits per heavy atom. The summed E-state index contributed by atoms with van der Waals surface area (Å²) in [6.45, 7) is 5.56. The molecule has 0 aromatic carbocycles. The smallest absolute Gasteiger partial charge is 0.317 e. The number of methoxy groups -OCH3 is 1. The molecule has 7 heteroatoms. The van der Waals surface area contributed by atoms with E-state index in [4.69, 9.17) is 23.7 Å². The standard InChI is InChI=1S/C17H24O7/c1-5-21-15(19)11-9(7-6-8-10(11)18)12-13(20-4)14-16(22-12)24-17(2,3)23-14/h6,8-9,11-14,16H,5,7H2,1-4H3/t9-,11-,12-,13+,14-,16-/m1/s1. The fourth-order valence-electron chi connectivity index (χ4n) is 3.76. The van der Waals surface area contributed by atoms with E-state index in [-0.39, 0.29) is 24.4 Å². The predicted octanol–water partition coefficient (Wildman–Crippen LogP) is 1.20. The summed E-state index contributed by atoms with van der Waals surface area (Å²) in [5.74, 6) is -2.78. The lowest BCUT2D eigenvalue weighted by atomic mass is 9.77. The summed E-state index contributed by atoms with van der Waals surface area (Å²) in [5.41, 5.74) is 0. The van der Waals surface area contributed by atoms with Crippen molar-refractivity contribution < 1.29 is 33.3 Å². The molecule has 1 aliphatic carbocycles. The van der Waals surface area contributed by atoms with Gasteiger partial charge in [0.15, 0.2) is 17.9 Å². The number of carbonyl (C=O) groups is 2. The quantitative estimate of drug-likeness (QED) is 0.562. The summed E-state index contributed by atoms with van der Waals surface area (Å²) in [5, 5.41) is 0. The van der Waals surface area contributed by atoms with Crippen LogP contribution in [0.15, 0.2) is 12.2 Å². The molecule has 0 amide bonds. The maximum Gasteiger partial charge on any atom is 0.317 e. The van der Waals surface area contributed by atoms with Gasteiger partial charge in [0.05, 0.1) is 12.7 Å². The lowest BCUT2D eigenvalue weighted by molar-refractivity contribution is -0.225. The van der Waals surface area contributed by atoms with Gasteiger partial charge in [-0.15, -0.1) is 0 Å². The van der Waals surface area contributed by atoms with Gasteiger partial charge in [-0.3, -0.25) is 9.59 Å². The summed E-state index contributed by atoms with van der Waals surface area (Å²) in [4.78, 5) is 24.6. The average molecular weight is 340 g/mol. The van der Waals surface area contributed by atoms with Gasteiger partial charge in [-0.05, 0) is 33.3 Å². The SMILES string of the molecule is CCOC(=O)[C@H]1C(=O)C=CC[C@H]1[C@H]1O[C@@H]2OC(C)(C)O[C@@H]2[C@H]1OC. The molecule has 0 N–H and O–H groups in total. The van der Waals surface area contributed by atoms with E-state index in [1.165, 1.54) is 6.08 Å². The number of hydrogen-bond acceptors (Lipinski definition) is 7. The molecule has 0 radical (unpaired) electrons. The fourth-order valence-corrected chi connectivity index (χ4v) is 3.76. The molecule has 0 spiro atoms. The molecule has 0 aromatic heterocycles. The number of rotatable bonds is 4. The van der Waals surface area contributed by atoms with E-state index in [9.17, 15) is 9.59 Å². The van der Waals surface area contributed by atoms with Crippen LogP contribution in [-0.2, 0) is 33.3 Å². The zero-order valence-corrected chi connectivity index (χ0v) is 14.4. The molecule has 0 bridgehead atoms. The van der Waals surface area contributed by atoms with Crippen molar-refractivity contribution in [2.45, 2.75) is 57.6 Å². The lowest BCUT2D eigenvalue weighted by Crippen LogP contribution is -2.46. The van der Waals surface area contributed by atoms with Crippen molar-refractivity contribution in [3.63, 3.8) is 0 Å². The molecular formula is C17H24O7. The van der Waals surface area contributed by atoms with Crippen molar-refractivity contribution in [1.29, 1.82) is 0 Å². The highest BCUT2D eigenvalue weighted by atomic mass is 16.8. The molecule has 0 saturated carbocycles. The third-order valence-electron chi connectivity index (χ3n) is 4.69. The van der Waals surface area contributed by atoms with E-state index in [0.29, 0.717) is 6.42 Å². The maximum atomic E-state index is 12.3. The number of allylic oxidation sites excluding steroid dienone is 2. The lowest BCUT2D eigenvalue weighted by Gasteiger charge is -2.34. The largest absolute Gasteiger partial charge is 0.465 e. The topological polar surface area (TPSA) is 80.3 Å². The van der Waals surface area contributed by atoms with Gasteiger partial charge in [0.1, 0.15) is 18.1 Å². The molecule has 3 aliphatic rings. The Hall–Kier alpha value is -1.28. The van der Waals surface area contributed by atoms with Gasteiger partial charge in [-0.1, -0.05) is 6.08 Å². The average Bonchev–Trinajstić information content (AvgIpc) is 2.98. The predicted molar refractivity (Wildman–Crippen MR) is 81.9 cm³/mol. The van der Waals surface area contributed by atoms with Gasteiger partial charge in [0.2, 0.25) is 0 Å². The van der Waals surface area contributed by atoms with Crippen LogP contribution in [0.4, 0.5) is 0 Å². The number of carbonyl (C=O) groups excluding carboxylic acids is 2. The summed E-state index contributed by atoms with van der Waals surface area (Å²) >= 11 is 0. The second kappa shape index (κ2) is 6.55. The zero-order chi connectivity index (χ0) is 17.5. The van der Waals surface area contributed by atoms with Gasteiger partial charge in [-0.2, -0.15) is 0 Å². The molecule has 0 aromatic rings. The third-order valence-corrected chi connectivity index (χ3v) is 4.69. The summed E-state index contributed by atoms with van der Waals surface area (Å²) in [6.07, 6.45) is 1.87. The Kier molecular flexibility index (Phi) is 4.79. The second-order valence-electron chi connectivity index (χ2n) is 6.70. The first-order valence-electron chi connectivity index (χ1n) is 8.29. The van der Waals surface area contributed by atoms with Crippen molar-refractivity contribution >= 4 is 11.8 Å². The van der Waals surface area contributed by atoms with Crippen LogP contribution in [0, 0.1) is 11.8 Å². The van der Waals surface area contributed by atoms with Gasteiger partial charge >= 0.3 is 5.97 Å². The van der Waals surface area contributed by atoms with Crippen LogP contribution in [0.2, 0.25) is 0 Å².